The van der Waals surface area contributed by atoms with Gasteiger partial charge in [-0.2, -0.15) is 10.2 Å². The Balaban J connectivity index is 0.000000141. The molecule has 5 atom stereocenters. The predicted octanol–water partition coefficient (Wildman–Crippen LogP) is 15.8. The van der Waals surface area contributed by atoms with Crippen molar-refractivity contribution in [3.63, 3.8) is 0 Å². The number of benzene rings is 8. The van der Waals surface area contributed by atoms with Crippen LogP contribution in [0.15, 0.2) is 265 Å². The number of nitrogens with two attached hydrogens (primary N) is 4. The van der Waals surface area contributed by atoms with Gasteiger partial charge < -0.3 is 68.6 Å². The van der Waals surface area contributed by atoms with Crippen molar-refractivity contribution < 1.29 is 65.5 Å². The highest BCUT2D eigenvalue weighted by Gasteiger charge is 2.40. The third kappa shape index (κ3) is 21.5. The van der Waals surface area contributed by atoms with Crippen molar-refractivity contribution in [2.75, 3.05) is 42.8 Å². The van der Waals surface area contributed by atoms with Crippen LogP contribution in [0.25, 0.3) is 89.3 Å². The molecule has 1 aliphatic carbocycles. The summed E-state index contributed by atoms with van der Waals surface area (Å²) in [6.07, 6.45) is 15.2. The number of hydrogen-bond acceptors (Lipinski definition) is 22. The second-order valence-corrected chi connectivity index (χ2v) is 30.9. The number of aromatic nitrogens is 11. The van der Waals surface area contributed by atoms with Crippen LogP contribution < -0.4 is 44.2 Å². The minimum absolute atomic E-state index is 0.0117. The minimum atomic E-state index is -0.893. The molecule has 17 rings (SSSR count). The van der Waals surface area contributed by atoms with E-state index in [1.165, 1.54) is 84.8 Å². The normalized spacial score (nSPS) is 13.2. The molecule has 8 heterocycles. The van der Waals surface area contributed by atoms with E-state index in [0.717, 1.165) is 45.6 Å². The molecule has 28 nitrogen and oxygen atoms in total. The number of pyridine rings is 3. The molecule has 1 saturated carbocycles. The van der Waals surface area contributed by atoms with Crippen LogP contribution in [-0.4, -0.2) is 120 Å². The lowest BCUT2D eigenvalue weighted by atomic mass is 9.98. The van der Waals surface area contributed by atoms with Crippen molar-refractivity contribution in [3.05, 3.63) is 352 Å². The van der Waals surface area contributed by atoms with Crippen LogP contribution in [0.4, 0.5) is 45.2 Å². The van der Waals surface area contributed by atoms with E-state index in [4.69, 9.17) is 43.6 Å². The molecule has 8 aromatic heterocycles. The number of amides is 4. The van der Waals surface area contributed by atoms with Crippen LogP contribution in [0, 0.1) is 49.9 Å². The highest BCUT2D eigenvalue weighted by molar-refractivity contribution is 6.30. The van der Waals surface area contributed by atoms with E-state index in [9.17, 15) is 52.1 Å². The first kappa shape index (κ1) is 91.2. The highest BCUT2D eigenvalue weighted by atomic mass is 35.5. The van der Waals surface area contributed by atoms with Gasteiger partial charge in [-0.25, -0.2) is 46.9 Å². The van der Waals surface area contributed by atoms with Crippen LogP contribution in [0.5, 0.6) is 0 Å². The highest BCUT2D eigenvalue weighted by Crippen LogP contribution is 2.42. The Morgan fingerprint density at radius 2 is 0.954 bits per heavy atom. The molecule has 0 spiro atoms. The zero-order chi connectivity index (χ0) is 92.8. The molecule has 4 amide bonds. The summed E-state index contributed by atoms with van der Waals surface area (Å²) in [5, 5.41) is 56.2. The predicted molar refractivity (Wildman–Crippen MR) is 485 cm³/mol. The number of anilines is 4. The Morgan fingerprint density at radius 3 is 1.44 bits per heavy atom. The molecule has 664 valence electrons. The molecule has 15 N–H and O–H groups in total. The zero-order valence-electron chi connectivity index (χ0n) is 70.8. The molecule has 0 bridgehead atoms. The summed E-state index contributed by atoms with van der Waals surface area (Å²) >= 11 is 6.01. The maximum Gasteiger partial charge on any atom is 0.254 e. The van der Waals surface area contributed by atoms with Gasteiger partial charge in [0.2, 0.25) is 0 Å². The van der Waals surface area contributed by atoms with E-state index in [1.54, 1.807) is 158 Å². The number of carbonyl (C=O) groups is 4. The number of aryl methyl sites for hydroxylation is 4. The van der Waals surface area contributed by atoms with Gasteiger partial charge in [-0.15, -0.1) is 0 Å². The Kier molecular flexibility index (Phi) is 28.4. The van der Waals surface area contributed by atoms with E-state index >= 15 is 4.39 Å². The Bertz CT molecular complexity index is 6870. The summed E-state index contributed by atoms with van der Waals surface area (Å²) in [6, 6.07) is 51.1. The van der Waals surface area contributed by atoms with Gasteiger partial charge in [-0.05, 0) is 157 Å². The van der Waals surface area contributed by atoms with Crippen molar-refractivity contribution in [1.29, 1.82) is 0 Å². The first-order chi connectivity index (χ1) is 63.1. The lowest BCUT2D eigenvalue weighted by Crippen LogP contribution is -2.31. The van der Waals surface area contributed by atoms with E-state index in [1.807, 2.05) is 63.4 Å². The monoisotopic (exact) mass is 1790 g/mol. The minimum Gasteiger partial charge on any atom is -0.394 e. The van der Waals surface area contributed by atoms with Gasteiger partial charge in [0, 0.05) is 123 Å². The quantitative estimate of drug-likeness (QED) is 0.0265. The Morgan fingerprint density at radius 1 is 0.473 bits per heavy atom. The fourth-order valence-corrected chi connectivity index (χ4v) is 14.8. The largest absolute Gasteiger partial charge is 0.394 e. The molecule has 0 saturated heterocycles. The smallest absolute Gasteiger partial charge is 0.254 e. The number of aliphatic hydroxyl groups is 3. The Labute approximate surface area is 751 Å². The number of carbonyl (C=O) groups excluding carboxylic acids is 4. The van der Waals surface area contributed by atoms with Crippen molar-refractivity contribution in [2.24, 2.45) is 14.1 Å². The van der Waals surface area contributed by atoms with Gasteiger partial charge in [-0.1, -0.05) is 131 Å². The maximum absolute atomic E-state index is 15.1. The molecule has 131 heavy (non-hydrogen) atoms. The SMILES string of the molecule is Cc1nn(C)c(C)c1-c1cnc(N)c(-c2ccc(C(=O)N[C@H](CO)c3cccc(Cl)c3)c(F)c2)c1.Cc1oncc1-c1cnc(N)c(-c2ccc(C(=O)N[C@H](CO)c3cccc(F)c3)c(F)c2)c1.Cn1cc(-c2cnc(N)c(-c3ccc(C(=O)NC4CC4c4ccccc4)c(F)c3)n2)cn1.Nc1ncc(-c2cnoc2)cc1-c1ccc(C(=O)N[C@H](CO)c2ccccc2)c(F)c1. The third-order valence-corrected chi connectivity index (χ3v) is 22.0. The van der Waals surface area contributed by atoms with E-state index in [2.05, 4.69) is 66.7 Å². The molecule has 1 aliphatic rings. The summed E-state index contributed by atoms with van der Waals surface area (Å²) in [5.41, 5.74) is 37.9. The Hall–Kier alpha value is -16.0. The first-order valence-corrected chi connectivity index (χ1v) is 41.1. The van der Waals surface area contributed by atoms with E-state index in [0.29, 0.717) is 88.9 Å². The summed E-state index contributed by atoms with van der Waals surface area (Å²) in [5.74, 6) is -4.12. The van der Waals surface area contributed by atoms with Crippen LogP contribution in [0.1, 0.15) is 111 Å². The lowest BCUT2D eigenvalue weighted by Gasteiger charge is -2.17. The van der Waals surface area contributed by atoms with Gasteiger partial charge in [-0.3, -0.25) is 28.5 Å². The summed E-state index contributed by atoms with van der Waals surface area (Å²) in [6.45, 7) is 4.47. The average molecular weight is 1790 g/mol. The number of halogens is 6. The molecular weight excluding hydrogens is 1710 g/mol. The first-order valence-electron chi connectivity index (χ1n) is 40.7. The number of aliphatic hydroxyl groups excluding tert-OH is 3. The zero-order valence-corrected chi connectivity index (χ0v) is 71.5. The topological polar surface area (TPSA) is 433 Å². The third-order valence-electron chi connectivity index (χ3n) is 21.7. The molecule has 0 aliphatic heterocycles. The fraction of sp³-hybridized carbons (Fsp3) is 0.144. The van der Waals surface area contributed by atoms with Gasteiger partial charge in [0.05, 0.1) is 96.4 Å². The van der Waals surface area contributed by atoms with Crippen molar-refractivity contribution in [2.45, 2.75) is 57.3 Å². The molecule has 16 aromatic rings. The molecule has 1 fully saturated rings. The van der Waals surface area contributed by atoms with Crippen molar-refractivity contribution in [1.82, 2.24) is 76.1 Å². The van der Waals surface area contributed by atoms with Crippen LogP contribution in [-0.2, 0) is 14.1 Å². The van der Waals surface area contributed by atoms with Gasteiger partial charge >= 0.3 is 0 Å². The van der Waals surface area contributed by atoms with Crippen molar-refractivity contribution in [3.8, 4) is 89.3 Å². The maximum atomic E-state index is 15.1. The van der Waals surface area contributed by atoms with Crippen LogP contribution >= 0.6 is 11.6 Å². The molecule has 34 heteroatoms. The van der Waals surface area contributed by atoms with Gasteiger partial charge in [0.1, 0.15) is 70.1 Å². The second-order valence-electron chi connectivity index (χ2n) is 30.5. The summed E-state index contributed by atoms with van der Waals surface area (Å²) in [7, 11) is 3.67. The number of nitrogens with one attached hydrogen (secondary N) is 4. The summed E-state index contributed by atoms with van der Waals surface area (Å²) in [4.78, 5) is 72.0. The number of rotatable bonds is 23. The van der Waals surface area contributed by atoms with E-state index in [-0.39, 0.29) is 70.7 Å². The fourth-order valence-electron chi connectivity index (χ4n) is 14.6. The molecular formula is C97H85ClF5N19O9. The molecule has 0 radical (unpaired) electrons. The van der Waals surface area contributed by atoms with Gasteiger partial charge in [0.25, 0.3) is 23.6 Å². The molecule has 2 unspecified atom stereocenters. The summed E-state index contributed by atoms with van der Waals surface area (Å²) < 4.78 is 86.6. The average Bonchev–Trinajstić information content (AvgIpc) is 1.75. The number of hydrogen-bond donors (Lipinski definition) is 11. The van der Waals surface area contributed by atoms with E-state index < -0.39 is 77.4 Å². The van der Waals surface area contributed by atoms with Crippen molar-refractivity contribution >= 4 is 58.5 Å². The number of nitrogen functional groups attached to an aromatic ring is 4. The van der Waals surface area contributed by atoms with Crippen LogP contribution in [0.2, 0.25) is 5.02 Å². The second kappa shape index (κ2) is 40.8. The molecule has 8 aromatic carbocycles. The van der Waals surface area contributed by atoms with Crippen LogP contribution in [0.3, 0.4) is 0 Å². The van der Waals surface area contributed by atoms with Gasteiger partial charge in [0.15, 0.2) is 0 Å². The number of nitrogens with zero attached hydrogens (tertiary/aromatic N) is 11. The lowest BCUT2D eigenvalue weighted by molar-refractivity contribution is 0.0904. The standard InChI is InChI=1S/C26H25ClFN5O2.C24H20F2N4O3.C24H21FN6O.C23H19FN4O3/c1-14-24(15(2)33(3)32-14)18-10-21(25(29)30-12-18)16-7-8-20(22(28)11-16)26(35)31-23(13-34)17-5-4-6-19(27)9-17;1-13-20(11-29-33-13)16-8-19(23(27)28-10-16)14-5-6-18(21(26)9-14)24(32)30-22(12-31)15-3-2-4-17(25)7-15;1-31-13-16(11-28-31)21-12-27-23(26)22(29-21)15-7-8-17(19(25)9-15)24(32)30-20-10-18(20)14-5-3-2-4-6-14;24-20-9-15(19-8-16(10-26-22(19)25)17-11-27-31-13-17)6-7-18(20)23(30)28-21(12-29)14-4-2-1-3-5-14/h4-12,23,34H,13H2,1-3H3,(H2,29,30)(H,31,35);2-11,22,31H,12H2,1H3,(H2,27,28)(H,30,32);2-9,11-13,18,20H,10H2,1H3,(H2,26,27)(H,30,32);1-11,13,21,29H,12H2,(H2,25,26)(H,28,30)/t23-;22-;;21-/m11.1/s1.